The Labute approximate surface area is 215 Å². The number of hydrogen-bond acceptors (Lipinski definition) is 6. The molecule has 0 aliphatic carbocycles. The molecule has 0 bridgehead atoms. The van der Waals surface area contributed by atoms with Crippen LogP contribution < -0.4 is 4.90 Å². The maximum atomic E-state index is 13.2. The SMILES string of the molecule is CN(C)C(=O)CN1c2cccnc2-n2cccc2C12CCN(C(=O)c1ccccn1)C2.O=C(O)C(F)(F)F. The fourth-order valence-electron chi connectivity index (χ4n) is 4.66. The Balaban J connectivity index is 0.000000426. The van der Waals surface area contributed by atoms with Gasteiger partial charge in [0, 0.05) is 45.8 Å². The lowest BCUT2D eigenvalue weighted by Gasteiger charge is -2.46. The van der Waals surface area contributed by atoms with Crippen LogP contribution in [0.1, 0.15) is 22.6 Å². The highest BCUT2D eigenvalue weighted by atomic mass is 19.4. The number of hydrogen-bond donors (Lipinski definition) is 1. The van der Waals surface area contributed by atoms with Gasteiger partial charge < -0.3 is 24.4 Å². The first-order valence-corrected chi connectivity index (χ1v) is 11.6. The Morgan fingerprint density at radius 3 is 2.39 bits per heavy atom. The zero-order valence-electron chi connectivity index (χ0n) is 20.6. The summed E-state index contributed by atoms with van der Waals surface area (Å²) in [5.41, 5.74) is 1.86. The summed E-state index contributed by atoms with van der Waals surface area (Å²) in [4.78, 5) is 49.3. The normalized spacial score (nSPS) is 17.8. The first-order valence-electron chi connectivity index (χ1n) is 11.6. The minimum atomic E-state index is -5.08. The third-order valence-corrected chi connectivity index (χ3v) is 6.48. The lowest BCUT2D eigenvalue weighted by atomic mass is 9.88. The van der Waals surface area contributed by atoms with Gasteiger partial charge in [-0.2, -0.15) is 13.2 Å². The van der Waals surface area contributed by atoms with Crippen molar-refractivity contribution >= 4 is 23.5 Å². The first-order chi connectivity index (χ1) is 18.0. The first kappa shape index (κ1) is 26.6. The zero-order valence-corrected chi connectivity index (χ0v) is 20.6. The van der Waals surface area contributed by atoms with Crippen LogP contribution in [0.25, 0.3) is 5.82 Å². The lowest BCUT2D eigenvalue weighted by Crippen LogP contribution is -2.55. The van der Waals surface area contributed by atoms with Gasteiger partial charge in [0.1, 0.15) is 11.2 Å². The molecule has 1 atom stereocenters. The fraction of sp³-hybridized carbons (Fsp3) is 0.320. The van der Waals surface area contributed by atoms with E-state index in [0.717, 1.165) is 17.2 Å². The molecule has 2 aliphatic heterocycles. The highest BCUT2D eigenvalue weighted by molar-refractivity contribution is 5.93. The van der Waals surface area contributed by atoms with Crippen molar-refractivity contribution in [3.8, 4) is 5.82 Å². The molecule has 38 heavy (non-hydrogen) atoms. The van der Waals surface area contributed by atoms with Crippen LogP contribution in [0.15, 0.2) is 61.1 Å². The van der Waals surface area contributed by atoms with Crippen LogP contribution in [0.3, 0.4) is 0 Å². The molecule has 200 valence electrons. The molecule has 1 saturated heterocycles. The minimum absolute atomic E-state index is 0.00341. The Morgan fingerprint density at radius 2 is 1.76 bits per heavy atom. The van der Waals surface area contributed by atoms with Crippen LogP contribution in [-0.2, 0) is 15.1 Å². The molecule has 1 fully saturated rings. The second-order valence-corrected chi connectivity index (χ2v) is 9.01. The van der Waals surface area contributed by atoms with E-state index in [1.807, 2.05) is 35.4 Å². The number of halogens is 3. The van der Waals surface area contributed by atoms with Crippen molar-refractivity contribution in [3.63, 3.8) is 0 Å². The van der Waals surface area contributed by atoms with E-state index in [1.54, 1.807) is 43.5 Å². The van der Waals surface area contributed by atoms with Crippen LogP contribution in [-0.4, -0.2) is 87.1 Å². The van der Waals surface area contributed by atoms with Crippen molar-refractivity contribution in [2.45, 2.75) is 18.1 Å². The number of carbonyl (C=O) groups is 3. The van der Waals surface area contributed by atoms with Gasteiger partial charge in [0.25, 0.3) is 5.91 Å². The average molecular weight is 531 g/mol. The number of alkyl halides is 3. The molecule has 1 N–H and O–H groups in total. The number of amides is 2. The van der Waals surface area contributed by atoms with Crippen LogP contribution in [0.4, 0.5) is 18.9 Å². The Hall–Kier alpha value is -4.42. The number of carboxylic acids is 1. The molecular formula is C25H25F3N6O4. The highest BCUT2D eigenvalue weighted by Crippen LogP contribution is 2.47. The third kappa shape index (κ3) is 4.91. The van der Waals surface area contributed by atoms with Crippen molar-refractivity contribution in [1.29, 1.82) is 0 Å². The highest BCUT2D eigenvalue weighted by Gasteiger charge is 2.51. The summed E-state index contributed by atoms with van der Waals surface area (Å²) in [6, 6.07) is 13.3. The molecular weight excluding hydrogens is 505 g/mol. The molecule has 5 heterocycles. The van der Waals surface area contributed by atoms with Crippen molar-refractivity contribution in [2.75, 3.05) is 38.6 Å². The third-order valence-electron chi connectivity index (χ3n) is 6.48. The van der Waals surface area contributed by atoms with Gasteiger partial charge in [0.2, 0.25) is 5.91 Å². The van der Waals surface area contributed by atoms with Crippen LogP contribution in [0, 0.1) is 0 Å². The van der Waals surface area contributed by atoms with E-state index in [2.05, 4.69) is 25.5 Å². The van der Waals surface area contributed by atoms with Gasteiger partial charge >= 0.3 is 12.1 Å². The monoisotopic (exact) mass is 530 g/mol. The Morgan fingerprint density at radius 1 is 1.05 bits per heavy atom. The summed E-state index contributed by atoms with van der Waals surface area (Å²) in [5.74, 6) is -2.04. The van der Waals surface area contributed by atoms with E-state index < -0.39 is 17.7 Å². The largest absolute Gasteiger partial charge is 0.490 e. The van der Waals surface area contributed by atoms with E-state index in [9.17, 15) is 22.8 Å². The fourth-order valence-corrected chi connectivity index (χ4v) is 4.66. The molecule has 1 unspecified atom stereocenters. The van der Waals surface area contributed by atoms with Crippen molar-refractivity contribution in [2.24, 2.45) is 0 Å². The number of aromatic nitrogens is 3. The Kier molecular flexibility index (Phi) is 7.11. The van der Waals surface area contributed by atoms with Gasteiger partial charge in [-0.1, -0.05) is 6.07 Å². The number of carbonyl (C=O) groups excluding carboxylic acids is 2. The van der Waals surface area contributed by atoms with Gasteiger partial charge in [-0.15, -0.1) is 0 Å². The number of anilines is 1. The molecule has 13 heteroatoms. The number of fused-ring (bicyclic) bond motifs is 4. The summed E-state index contributed by atoms with van der Waals surface area (Å²) in [7, 11) is 3.52. The second kappa shape index (κ2) is 10.1. The molecule has 2 aliphatic rings. The van der Waals surface area contributed by atoms with Crippen molar-refractivity contribution in [1.82, 2.24) is 24.3 Å². The number of pyridine rings is 2. The van der Waals surface area contributed by atoms with Gasteiger partial charge in [-0.25, -0.2) is 9.78 Å². The number of likely N-dealkylation sites (N-methyl/N-ethyl adjacent to an activating group) is 1. The van der Waals surface area contributed by atoms with Crippen LogP contribution in [0.2, 0.25) is 0 Å². The van der Waals surface area contributed by atoms with Gasteiger partial charge in [0.15, 0.2) is 5.82 Å². The quantitative estimate of drug-likeness (QED) is 0.554. The predicted molar refractivity (Wildman–Crippen MR) is 130 cm³/mol. The van der Waals surface area contributed by atoms with E-state index >= 15 is 0 Å². The lowest BCUT2D eigenvalue weighted by molar-refractivity contribution is -0.192. The number of nitrogens with zero attached hydrogens (tertiary/aromatic N) is 6. The summed E-state index contributed by atoms with van der Waals surface area (Å²) in [5, 5.41) is 7.12. The molecule has 3 aromatic rings. The molecule has 10 nitrogen and oxygen atoms in total. The summed E-state index contributed by atoms with van der Waals surface area (Å²) >= 11 is 0. The smallest absolute Gasteiger partial charge is 0.475 e. The van der Waals surface area contributed by atoms with E-state index in [1.165, 1.54) is 0 Å². The summed E-state index contributed by atoms with van der Waals surface area (Å²) < 4.78 is 33.8. The summed E-state index contributed by atoms with van der Waals surface area (Å²) in [6.07, 6.45) is 1.02. The molecule has 0 saturated carbocycles. The topological polar surface area (TPSA) is 112 Å². The van der Waals surface area contributed by atoms with Gasteiger partial charge in [0.05, 0.1) is 17.9 Å². The van der Waals surface area contributed by atoms with E-state index in [-0.39, 0.29) is 18.4 Å². The van der Waals surface area contributed by atoms with Crippen LogP contribution in [0.5, 0.6) is 0 Å². The molecule has 5 rings (SSSR count). The maximum absolute atomic E-state index is 13.2. The van der Waals surface area contributed by atoms with Crippen LogP contribution >= 0.6 is 0 Å². The molecule has 0 aromatic carbocycles. The van der Waals surface area contributed by atoms with Gasteiger partial charge in [-0.05, 0) is 42.8 Å². The van der Waals surface area contributed by atoms with Crippen molar-refractivity contribution in [3.05, 3.63) is 72.4 Å². The molecule has 3 aromatic heterocycles. The average Bonchev–Trinajstić information content (AvgIpc) is 3.55. The predicted octanol–water partition coefficient (Wildman–Crippen LogP) is 2.55. The number of likely N-dealkylation sites (tertiary alicyclic amines) is 1. The Bertz CT molecular complexity index is 1340. The van der Waals surface area contributed by atoms with Crippen molar-refractivity contribution < 1.29 is 32.7 Å². The molecule has 2 amide bonds. The summed E-state index contributed by atoms with van der Waals surface area (Å²) in [6.45, 7) is 1.27. The number of carboxylic acid groups (broad SMARTS) is 1. The second-order valence-electron chi connectivity index (χ2n) is 9.01. The zero-order chi connectivity index (χ0) is 27.7. The standard InChI is InChI=1S/C23H24N6O2.C2HF3O2/c1-26(2)20(30)15-29-18-8-5-12-25-21(18)28-13-6-9-19(28)23(29)10-14-27(16-23)22(31)17-7-3-4-11-24-17;3-2(4,5)1(6)7/h3-9,11-13H,10,14-16H2,1-2H3;(H,6,7). The molecule has 0 radical (unpaired) electrons. The van der Waals surface area contributed by atoms with Gasteiger partial charge in [-0.3, -0.25) is 14.6 Å². The number of aliphatic carboxylic acids is 1. The maximum Gasteiger partial charge on any atom is 0.490 e. The molecule has 1 spiro atoms. The van der Waals surface area contributed by atoms with E-state index in [4.69, 9.17) is 9.90 Å². The number of rotatable bonds is 3. The van der Waals surface area contributed by atoms with E-state index in [0.29, 0.717) is 25.2 Å². The minimum Gasteiger partial charge on any atom is -0.475 e.